The van der Waals surface area contributed by atoms with Gasteiger partial charge in [-0.2, -0.15) is 0 Å². The molecule has 2 fully saturated rings. The molecule has 23 heavy (non-hydrogen) atoms. The predicted molar refractivity (Wildman–Crippen MR) is 89.2 cm³/mol. The van der Waals surface area contributed by atoms with Gasteiger partial charge in [0.25, 0.3) is 0 Å². The summed E-state index contributed by atoms with van der Waals surface area (Å²) in [7, 11) is 3.38. The lowest BCUT2D eigenvalue weighted by molar-refractivity contribution is -0.127. The molecule has 2 heterocycles. The summed E-state index contributed by atoms with van der Waals surface area (Å²) in [5, 5.41) is 0. The van der Waals surface area contributed by atoms with E-state index in [0.29, 0.717) is 11.8 Å². The van der Waals surface area contributed by atoms with E-state index in [0.717, 1.165) is 63.5 Å². The van der Waals surface area contributed by atoms with Crippen LogP contribution in [-0.2, 0) is 4.79 Å². The van der Waals surface area contributed by atoms with Gasteiger partial charge in [-0.25, -0.2) is 0 Å². The minimum atomic E-state index is 0.315. The van der Waals surface area contributed by atoms with Crippen molar-refractivity contribution in [1.29, 1.82) is 0 Å². The summed E-state index contributed by atoms with van der Waals surface area (Å²) in [6, 6.07) is 6.11. The van der Waals surface area contributed by atoms with Gasteiger partial charge in [-0.1, -0.05) is 12.1 Å². The highest BCUT2D eigenvalue weighted by atomic mass is 16.5. The second kappa shape index (κ2) is 7.21. The summed E-state index contributed by atoms with van der Waals surface area (Å²) < 4.78 is 11.0. The summed E-state index contributed by atoms with van der Waals surface area (Å²) in [5.41, 5.74) is 1.23. The SMILES string of the molecule is COc1cccc(C2CCN(CCN3CCCC3=O)C2)c1OC. The van der Waals surface area contributed by atoms with Gasteiger partial charge >= 0.3 is 0 Å². The molecular weight excluding hydrogens is 292 g/mol. The number of carbonyl (C=O) groups is 1. The minimum Gasteiger partial charge on any atom is -0.493 e. The number of para-hydroxylation sites is 1. The highest BCUT2D eigenvalue weighted by molar-refractivity contribution is 5.78. The van der Waals surface area contributed by atoms with E-state index in [1.165, 1.54) is 5.56 Å². The first-order valence-electron chi connectivity index (χ1n) is 8.44. The van der Waals surface area contributed by atoms with Gasteiger partial charge in [-0.3, -0.25) is 4.79 Å². The van der Waals surface area contributed by atoms with Crippen LogP contribution in [0.4, 0.5) is 0 Å². The lowest BCUT2D eigenvalue weighted by Gasteiger charge is -2.22. The second-order valence-corrected chi connectivity index (χ2v) is 6.35. The van der Waals surface area contributed by atoms with E-state index in [9.17, 15) is 4.79 Å². The molecule has 1 amide bonds. The molecule has 2 aliphatic rings. The van der Waals surface area contributed by atoms with Crippen LogP contribution in [0.5, 0.6) is 11.5 Å². The summed E-state index contributed by atoms with van der Waals surface area (Å²) >= 11 is 0. The first kappa shape index (κ1) is 16.1. The van der Waals surface area contributed by atoms with Crippen molar-refractivity contribution >= 4 is 5.91 Å². The van der Waals surface area contributed by atoms with Crippen molar-refractivity contribution in [2.75, 3.05) is 46.9 Å². The fourth-order valence-corrected chi connectivity index (χ4v) is 3.73. The Morgan fingerprint density at radius 1 is 1.17 bits per heavy atom. The van der Waals surface area contributed by atoms with Crippen LogP contribution in [0.25, 0.3) is 0 Å². The number of ether oxygens (including phenoxy) is 2. The Bertz CT molecular complexity index is 561. The van der Waals surface area contributed by atoms with E-state index in [4.69, 9.17) is 9.47 Å². The first-order valence-corrected chi connectivity index (χ1v) is 8.44. The van der Waals surface area contributed by atoms with Crippen LogP contribution in [0.3, 0.4) is 0 Å². The number of likely N-dealkylation sites (tertiary alicyclic amines) is 2. The summed E-state index contributed by atoms with van der Waals surface area (Å²) in [6.07, 6.45) is 2.86. The van der Waals surface area contributed by atoms with Crippen LogP contribution in [0.2, 0.25) is 0 Å². The molecule has 0 radical (unpaired) electrons. The fraction of sp³-hybridized carbons (Fsp3) is 0.611. The molecule has 0 aromatic heterocycles. The van der Waals surface area contributed by atoms with Crippen LogP contribution in [0.15, 0.2) is 18.2 Å². The molecule has 0 bridgehead atoms. The molecule has 0 spiro atoms. The molecule has 5 nitrogen and oxygen atoms in total. The van der Waals surface area contributed by atoms with Gasteiger partial charge in [0.15, 0.2) is 11.5 Å². The molecule has 2 saturated heterocycles. The third-order valence-electron chi connectivity index (χ3n) is 5.00. The number of hydrogen-bond acceptors (Lipinski definition) is 4. The van der Waals surface area contributed by atoms with E-state index >= 15 is 0 Å². The number of benzene rings is 1. The molecule has 3 rings (SSSR count). The van der Waals surface area contributed by atoms with Gasteiger partial charge in [-0.05, 0) is 25.5 Å². The Balaban J connectivity index is 1.60. The lowest BCUT2D eigenvalue weighted by Crippen LogP contribution is -2.34. The van der Waals surface area contributed by atoms with Crippen molar-refractivity contribution in [2.45, 2.75) is 25.2 Å². The van der Waals surface area contributed by atoms with Crippen LogP contribution in [0.1, 0.15) is 30.7 Å². The number of hydrogen-bond donors (Lipinski definition) is 0. The Hall–Kier alpha value is -1.75. The normalized spacial score (nSPS) is 21.9. The Kier molecular flexibility index (Phi) is 5.06. The van der Waals surface area contributed by atoms with Crippen LogP contribution in [-0.4, -0.2) is 62.7 Å². The second-order valence-electron chi connectivity index (χ2n) is 6.35. The topological polar surface area (TPSA) is 42.0 Å². The maximum Gasteiger partial charge on any atom is 0.222 e. The van der Waals surface area contributed by atoms with Gasteiger partial charge in [0.1, 0.15) is 0 Å². The molecule has 5 heteroatoms. The highest BCUT2D eigenvalue weighted by Gasteiger charge is 2.28. The summed E-state index contributed by atoms with van der Waals surface area (Å²) in [4.78, 5) is 16.1. The van der Waals surface area contributed by atoms with E-state index < -0.39 is 0 Å². The van der Waals surface area contributed by atoms with Crippen molar-refractivity contribution < 1.29 is 14.3 Å². The highest BCUT2D eigenvalue weighted by Crippen LogP contribution is 2.39. The molecule has 1 atom stereocenters. The van der Waals surface area contributed by atoms with Gasteiger partial charge in [0.05, 0.1) is 14.2 Å². The van der Waals surface area contributed by atoms with E-state index in [1.54, 1.807) is 14.2 Å². The van der Waals surface area contributed by atoms with Gasteiger partial charge < -0.3 is 19.3 Å². The quantitative estimate of drug-likeness (QED) is 0.806. The van der Waals surface area contributed by atoms with Gasteiger partial charge in [0.2, 0.25) is 5.91 Å². The predicted octanol–water partition coefficient (Wildman–Crippen LogP) is 2.12. The van der Waals surface area contributed by atoms with E-state index in [-0.39, 0.29) is 0 Å². The summed E-state index contributed by atoms with van der Waals surface area (Å²) in [5.74, 6) is 2.44. The zero-order chi connectivity index (χ0) is 16.2. The monoisotopic (exact) mass is 318 g/mol. The van der Waals surface area contributed by atoms with Gasteiger partial charge in [0, 0.05) is 44.1 Å². The maximum absolute atomic E-state index is 11.7. The zero-order valence-corrected chi connectivity index (χ0v) is 14.1. The molecule has 1 unspecified atom stereocenters. The van der Waals surface area contributed by atoms with Crippen molar-refractivity contribution in [2.24, 2.45) is 0 Å². The average molecular weight is 318 g/mol. The number of carbonyl (C=O) groups excluding carboxylic acids is 1. The first-order chi connectivity index (χ1) is 11.2. The number of methoxy groups -OCH3 is 2. The fourth-order valence-electron chi connectivity index (χ4n) is 3.73. The van der Waals surface area contributed by atoms with Gasteiger partial charge in [-0.15, -0.1) is 0 Å². The van der Waals surface area contributed by atoms with Crippen molar-refractivity contribution in [3.8, 4) is 11.5 Å². The lowest BCUT2D eigenvalue weighted by atomic mass is 9.97. The Morgan fingerprint density at radius 2 is 2.04 bits per heavy atom. The van der Waals surface area contributed by atoms with Crippen LogP contribution < -0.4 is 9.47 Å². The minimum absolute atomic E-state index is 0.315. The molecular formula is C18H26N2O3. The van der Waals surface area contributed by atoms with Crippen molar-refractivity contribution in [3.05, 3.63) is 23.8 Å². The largest absolute Gasteiger partial charge is 0.493 e. The van der Waals surface area contributed by atoms with E-state index in [2.05, 4.69) is 11.0 Å². The number of nitrogens with zero attached hydrogens (tertiary/aromatic N) is 2. The Morgan fingerprint density at radius 3 is 2.74 bits per heavy atom. The van der Waals surface area contributed by atoms with Crippen LogP contribution in [0, 0.1) is 0 Å². The maximum atomic E-state index is 11.7. The van der Waals surface area contributed by atoms with Crippen molar-refractivity contribution in [3.63, 3.8) is 0 Å². The molecule has 2 aliphatic heterocycles. The number of amides is 1. The third-order valence-corrected chi connectivity index (χ3v) is 5.00. The summed E-state index contributed by atoms with van der Waals surface area (Å²) in [6.45, 7) is 4.85. The van der Waals surface area contributed by atoms with Crippen molar-refractivity contribution in [1.82, 2.24) is 9.80 Å². The molecule has 0 saturated carbocycles. The number of rotatable bonds is 6. The molecule has 0 aliphatic carbocycles. The molecule has 1 aromatic rings. The standard InChI is InChI=1S/C18H26N2O3/c1-22-16-6-3-5-15(18(16)23-2)14-8-10-19(13-14)11-12-20-9-4-7-17(20)21/h3,5-6,14H,4,7-13H2,1-2H3. The Labute approximate surface area is 138 Å². The van der Waals surface area contributed by atoms with E-state index in [1.807, 2.05) is 17.0 Å². The molecule has 0 N–H and O–H groups in total. The molecule has 1 aromatic carbocycles. The smallest absolute Gasteiger partial charge is 0.222 e. The molecule has 126 valence electrons. The third kappa shape index (κ3) is 3.44. The average Bonchev–Trinajstić information content (AvgIpc) is 3.21. The van der Waals surface area contributed by atoms with Crippen LogP contribution >= 0.6 is 0 Å². The zero-order valence-electron chi connectivity index (χ0n) is 14.1.